The van der Waals surface area contributed by atoms with Gasteiger partial charge in [-0.05, 0) is 17.5 Å². The Bertz CT molecular complexity index is 1280. The first-order chi connectivity index (χ1) is 16.1. The maximum atomic E-state index is 14.1. The summed E-state index contributed by atoms with van der Waals surface area (Å²) in [7, 11) is -4.94. The van der Waals surface area contributed by atoms with Crippen molar-refractivity contribution in [1.29, 1.82) is 0 Å². The van der Waals surface area contributed by atoms with Crippen LogP contribution in [0.1, 0.15) is 23.7 Å². The van der Waals surface area contributed by atoms with Gasteiger partial charge in [-0.2, -0.15) is 4.31 Å². The second-order valence-corrected chi connectivity index (χ2v) is 10.5. The van der Waals surface area contributed by atoms with Crippen LogP contribution < -0.4 is 4.90 Å². The number of piperazine rings is 1. The highest BCUT2D eigenvalue weighted by Crippen LogP contribution is 2.30. The zero-order chi connectivity index (χ0) is 24.6. The predicted octanol–water partition coefficient (Wildman–Crippen LogP) is 4.50. The number of hydrogen-bond acceptors (Lipinski definition) is 5. The first kappa shape index (κ1) is 24.6. The van der Waals surface area contributed by atoms with Gasteiger partial charge in [-0.15, -0.1) is 11.3 Å². The molecule has 0 atom stereocenters. The molecular weight excluding hydrogens is 497 g/mol. The fourth-order valence-electron chi connectivity index (χ4n) is 3.68. The summed E-state index contributed by atoms with van der Waals surface area (Å²) in [6.45, 7) is 1.97. The van der Waals surface area contributed by atoms with E-state index < -0.39 is 44.0 Å². The summed E-state index contributed by atoms with van der Waals surface area (Å²) >= 11 is 1.38. The van der Waals surface area contributed by atoms with Gasteiger partial charge in [-0.1, -0.05) is 31.2 Å². The zero-order valence-corrected chi connectivity index (χ0v) is 19.6. The summed E-state index contributed by atoms with van der Waals surface area (Å²) in [5.41, 5.74) is 3.19. The van der Waals surface area contributed by atoms with Crippen molar-refractivity contribution >= 4 is 26.5 Å². The van der Waals surface area contributed by atoms with Gasteiger partial charge < -0.3 is 4.90 Å². The van der Waals surface area contributed by atoms with Gasteiger partial charge in [-0.25, -0.2) is 35.4 Å². The molecule has 0 saturated carbocycles. The molecule has 0 spiro atoms. The molecule has 12 heteroatoms. The molecule has 3 aromatic rings. The minimum atomic E-state index is -4.94. The Kier molecular flexibility index (Phi) is 6.92. The number of hydrogen-bond donors (Lipinski definition) is 0. The highest BCUT2D eigenvalue weighted by molar-refractivity contribution is 7.89. The van der Waals surface area contributed by atoms with E-state index in [0.717, 1.165) is 17.7 Å². The summed E-state index contributed by atoms with van der Waals surface area (Å²) in [5.74, 6) is -11.7. The molecular formula is C22H20F5N3O2S2. The van der Waals surface area contributed by atoms with Gasteiger partial charge in [0.15, 0.2) is 33.3 Å². The summed E-state index contributed by atoms with van der Waals surface area (Å²) in [5, 5.41) is 2.56. The fourth-order valence-corrected chi connectivity index (χ4v) is 6.10. The Morgan fingerprint density at radius 3 is 1.94 bits per heavy atom. The summed E-state index contributed by atoms with van der Waals surface area (Å²) < 4.78 is 94.6. The molecule has 1 aliphatic rings. The van der Waals surface area contributed by atoms with Crippen molar-refractivity contribution in [3.05, 3.63) is 75.6 Å². The van der Waals surface area contributed by atoms with Crippen molar-refractivity contribution in [3.8, 4) is 0 Å². The van der Waals surface area contributed by atoms with E-state index in [1.165, 1.54) is 16.9 Å². The van der Waals surface area contributed by atoms with Crippen molar-refractivity contribution in [3.63, 3.8) is 0 Å². The van der Waals surface area contributed by atoms with Gasteiger partial charge in [0.2, 0.25) is 15.8 Å². The minimum Gasteiger partial charge on any atom is -0.345 e. The average molecular weight is 518 g/mol. The molecule has 1 aromatic heterocycles. The van der Waals surface area contributed by atoms with E-state index in [1.807, 2.05) is 22.4 Å². The quantitative estimate of drug-likeness (QED) is 0.275. The van der Waals surface area contributed by atoms with E-state index in [9.17, 15) is 30.4 Å². The average Bonchev–Trinajstić information content (AvgIpc) is 3.30. The van der Waals surface area contributed by atoms with Gasteiger partial charge in [0.25, 0.3) is 0 Å². The van der Waals surface area contributed by atoms with E-state index in [-0.39, 0.29) is 26.2 Å². The van der Waals surface area contributed by atoms with Gasteiger partial charge in [0.1, 0.15) is 0 Å². The van der Waals surface area contributed by atoms with Crippen LogP contribution in [0.3, 0.4) is 0 Å². The summed E-state index contributed by atoms with van der Waals surface area (Å²) in [4.78, 5) is 4.58. The maximum Gasteiger partial charge on any atom is 0.249 e. The molecule has 1 fully saturated rings. The lowest BCUT2D eigenvalue weighted by Gasteiger charge is -2.33. The molecule has 0 aliphatic carbocycles. The van der Waals surface area contributed by atoms with Gasteiger partial charge in [0, 0.05) is 38.0 Å². The lowest BCUT2D eigenvalue weighted by molar-refractivity contribution is 0.344. The molecule has 0 amide bonds. The van der Waals surface area contributed by atoms with Gasteiger partial charge >= 0.3 is 0 Å². The maximum absolute atomic E-state index is 14.1. The van der Waals surface area contributed by atoms with Gasteiger partial charge in [-0.3, -0.25) is 0 Å². The summed E-state index contributed by atoms with van der Waals surface area (Å²) in [6.07, 6.45) is 1.59. The number of halogens is 5. The summed E-state index contributed by atoms with van der Waals surface area (Å²) in [6, 6.07) is 8.21. The van der Waals surface area contributed by atoms with Crippen molar-refractivity contribution in [2.45, 2.75) is 24.7 Å². The smallest absolute Gasteiger partial charge is 0.249 e. The predicted molar refractivity (Wildman–Crippen MR) is 118 cm³/mol. The van der Waals surface area contributed by atoms with E-state index in [2.05, 4.69) is 24.0 Å². The van der Waals surface area contributed by atoms with Crippen LogP contribution in [-0.4, -0.2) is 43.9 Å². The molecule has 4 rings (SSSR count). The monoisotopic (exact) mass is 517 g/mol. The molecule has 1 saturated heterocycles. The number of aromatic nitrogens is 1. The third-order valence-corrected chi connectivity index (χ3v) is 8.50. The first-order valence-electron chi connectivity index (χ1n) is 10.4. The highest BCUT2D eigenvalue weighted by Gasteiger charge is 2.38. The van der Waals surface area contributed by atoms with Crippen LogP contribution in [0, 0.1) is 29.1 Å². The van der Waals surface area contributed by atoms with Crippen LogP contribution in [0.2, 0.25) is 0 Å². The normalized spacial score (nSPS) is 15.2. The molecule has 0 radical (unpaired) electrons. The lowest BCUT2D eigenvalue weighted by atomic mass is 10.1. The molecule has 0 N–H and O–H groups in total. The molecule has 0 unspecified atom stereocenters. The zero-order valence-electron chi connectivity index (χ0n) is 18.0. The minimum absolute atomic E-state index is 0.146. The molecule has 34 heavy (non-hydrogen) atoms. The van der Waals surface area contributed by atoms with Crippen molar-refractivity contribution in [2.24, 2.45) is 0 Å². The van der Waals surface area contributed by atoms with Crippen LogP contribution in [0.15, 0.2) is 34.5 Å². The van der Waals surface area contributed by atoms with Crippen molar-refractivity contribution in [1.82, 2.24) is 9.29 Å². The fraction of sp³-hybridized carbons (Fsp3) is 0.318. The SMILES string of the molecule is CCc1ccc(Cc2csc(N3CCN(S(=O)(=O)c4c(F)c(F)c(F)c(F)c4F)CC3)n2)cc1. The number of sulfonamides is 1. The van der Waals surface area contributed by atoms with Crippen LogP contribution >= 0.6 is 11.3 Å². The number of benzene rings is 2. The Labute approximate surface area is 197 Å². The number of anilines is 1. The number of nitrogens with zero attached hydrogens (tertiary/aromatic N) is 3. The molecule has 2 aromatic carbocycles. The topological polar surface area (TPSA) is 53.5 Å². The largest absolute Gasteiger partial charge is 0.345 e. The van der Waals surface area contributed by atoms with E-state index in [0.29, 0.717) is 15.9 Å². The van der Waals surface area contributed by atoms with E-state index in [4.69, 9.17) is 0 Å². The van der Waals surface area contributed by atoms with Crippen molar-refractivity contribution in [2.75, 3.05) is 31.1 Å². The molecule has 182 valence electrons. The molecule has 1 aliphatic heterocycles. The third kappa shape index (κ3) is 4.53. The number of rotatable bonds is 6. The van der Waals surface area contributed by atoms with E-state index >= 15 is 0 Å². The Hall–Kier alpha value is -2.57. The second-order valence-electron chi connectivity index (χ2n) is 7.76. The Morgan fingerprint density at radius 2 is 1.38 bits per heavy atom. The van der Waals surface area contributed by atoms with Crippen LogP contribution in [-0.2, 0) is 22.9 Å². The van der Waals surface area contributed by atoms with Crippen LogP contribution in [0.4, 0.5) is 27.1 Å². The number of thiazole rings is 1. The van der Waals surface area contributed by atoms with Gasteiger partial charge in [0.05, 0.1) is 5.69 Å². The standard InChI is InChI=1S/C22H20F5N3O2S2/c1-2-13-3-5-14(6-4-13)11-15-12-33-22(28-15)29-7-9-30(10-8-29)34(31,32)21-19(26)17(24)16(23)18(25)20(21)27/h3-6,12H,2,7-11H2,1H3. The van der Waals surface area contributed by atoms with E-state index in [1.54, 1.807) is 0 Å². The molecule has 2 heterocycles. The third-order valence-electron chi connectivity index (χ3n) is 5.63. The number of aryl methyl sites for hydroxylation is 1. The second kappa shape index (κ2) is 9.59. The lowest BCUT2D eigenvalue weighted by Crippen LogP contribution is -2.49. The highest BCUT2D eigenvalue weighted by atomic mass is 32.2. The Balaban J connectivity index is 1.46. The first-order valence-corrected chi connectivity index (χ1v) is 12.7. The Morgan fingerprint density at radius 1 is 0.853 bits per heavy atom. The van der Waals surface area contributed by atoms with Crippen LogP contribution in [0.5, 0.6) is 0 Å². The van der Waals surface area contributed by atoms with Crippen LogP contribution in [0.25, 0.3) is 0 Å². The molecule has 0 bridgehead atoms. The molecule has 5 nitrogen and oxygen atoms in total. The van der Waals surface area contributed by atoms with Crippen molar-refractivity contribution < 1.29 is 30.4 Å².